The van der Waals surface area contributed by atoms with E-state index in [1.807, 2.05) is 0 Å². The van der Waals surface area contributed by atoms with Crippen LogP contribution >= 0.6 is 24.1 Å². The minimum Gasteiger partial charge on any atom is -0.575 e. The quantitative estimate of drug-likeness (QED) is 0.864. The molecule has 0 aliphatic heterocycles. The molecule has 1 N–H and O–H groups in total. The Bertz CT molecular complexity index is 424. The van der Waals surface area contributed by atoms with E-state index < -0.39 is 20.2 Å². The van der Waals surface area contributed by atoms with Crippen LogP contribution in [0.3, 0.4) is 0 Å². The van der Waals surface area contributed by atoms with Crippen molar-refractivity contribution in [3.63, 3.8) is 0 Å². The fourth-order valence-corrected chi connectivity index (χ4v) is 2.06. The minimum absolute atomic E-state index is 0.366. The number of rotatable bonds is 4. The Morgan fingerprint density at radius 2 is 2.25 bits per heavy atom. The van der Waals surface area contributed by atoms with Gasteiger partial charge in [-0.2, -0.15) is 0 Å². The van der Waals surface area contributed by atoms with Crippen LogP contribution < -0.4 is 9.42 Å². The molecule has 0 bridgehead atoms. The molecule has 1 rings (SSSR count). The van der Waals surface area contributed by atoms with Gasteiger partial charge in [0.2, 0.25) is 0 Å². The number of hydrogen-bond acceptors (Lipinski definition) is 4. The van der Waals surface area contributed by atoms with Crippen LogP contribution in [-0.2, 0) is 4.79 Å². The van der Waals surface area contributed by atoms with Crippen molar-refractivity contribution in [2.45, 2.75) is 13.0 Å². The third-order valence-corrected chi connectivity index (χ3v) is 3.18. The number of para-hydroxylation sites is 1. The van der Waals surface area contributed by atoms with Crippen LogP contribution in [0.15, 0.2) is 33.5 Å². The molecule has 5 nitrogen and oxygen atoms in total. The van der Waals surface area contributed by atoms with Gasteiger partial charge in [-0.05, 0) is 35.0 Å². The zero-order valence-corrected chi connectivity index (χ0v) is 10.8. The van der Waals surface area contributed by atoms with Gasteiger partial charge in [0.25, 0.3) is 0 Å². The molecule has 0 heterocycles. The van der Waals surface area contributed by atoms with Crippen molar-refractivity contribution in [2.75, 3.05) is 0 Å². The molecular weight excluding hydrogens is 297 g/mol. The topological polar surface area (TPSA) is 82.0 Å². The van der Waals surface area contributed by atoms with Crippen LogP contribution in [0.1, 0.15) is 6.92 Å². The van der Waals surface area contributed by atoms with Crippen LogP contribution in [0.2, 0.25) is 0 Å². The van der Waals surface area contributed by atoms with Crippen LogP contribution in [0.25, 0.3) is 0 Å². The number of hydrogen-bond donors (Lipinski definition) is 1. The Balaban J connectivity index is 2.75. The molecule has 0 radical (unpaired) electrons. The lowest BCUT2D eigenvalue weighted by molar-refractivity contribution is -0.169. The number of carboxylic acid groups (broad SMARTS) is 1. The summed E-state index contributed by atoms with van der Waals surface area (Å²) in [5.74, 6) is -0.774. The zero-order chi connectivity index (χ0) is 12.1. The number of halogens is 1. The maximum Gasteiger partial charge on any atom is 0.395 e. The number of aliphatic carboxylic acids is 1. The van der Waals surface area contributed by atoms with Crippen molar-refractivity contribution in [1.29, 1.82) is 0 Å². The summed E-state index contributed by atoms with van der Waals surface area (Å²) in [6.07, 6.45) is 0. The molecule has 1 aromatic rings. The molecule has 0 spiro atoms. The molecule has 1 unspecified atom stereocenters. The van der Waals surface area contributed by atoms with Gasteiger partial charge in [-0.1, -0.05) is 16.9 Å². The smallest absolute Gasteiger partial charge is 0.395 e. The molecule has 1 aromatic carbocycles. The van der Waals surface area contributed by atoms with Crippen LogP contribution in [-0.4, -0.2) is 17.1 Å². The Morgan fingerprint density at radius 1 is 1.62 bits per heavy atom. The summed E-state index contributed by atoms with van der Waals surface area (Å²) >= 11 is 3.21. The summed E-state index contributed by atoms with van der Waals surface area (Å²) in [4.78, 5) is 21.8. The molecular formula is C9H9BrNO4P. The summed E-state index contributed by atoms with van der Waals surface area (Å²) in [6, 6.07) is 5.77. The first-order valence-corrected chi connectivity index (χ1v) is 6.26. The van der Waals surface area contributed by atoms with Gasteiger partial charge in [0.15, 0.2) is 11.8 Å². The highest BCUT2D eigenvalue weighted by molar-refractivity contribution is 9.10. The Kier molecular flexibility index (Phi) is 4.86. The summed E-state index contributed by atoms with van der Waals surface area (Å²) in [5, 5.41) is 8.56. The summed E-state index contributed by atoms with van der Waals surface area (Å²) in [5.41, 5.74) is 0. The lowest BCUT2D eigenvalue weighted by Crippen LogP contribution is -2.13. The maximum absolute atomic E-state index is 11.4. The molecule has 2 atom stereocenters. The van der Waals surface area contributed by atoms with Gasteiger partial charge in [0, 0.05) is 0 Å². The van der Waals surface area contributed by atoms with Crippen molar-refractivity contribution in [1.82, 2.24) is 0 Å². The molecule has 0 amide bonds. The number of benzene rings is 1. The van der Waals surface area contributed by atoms with E-state index in [4.69, 9.17) is 9.63 Å². The van der Waals surface area contributed by atoms with Gasteiger partial charge in [-0.15, -0.1) is 0 Å². The maximum atomic E-state index is 11.4. The third kappa shape index (κ3) is 3.89. The van der Waals surface area contributed by atoms with Crippen molar-refractivity contribution in [2.24, 2.45) is 4.74 Å². The Labute approximate surface area is 102 Å². The van der Waals surface area contributed by atoms with Gasteiger partial charge >= 0.3 is 14.1 Å². The summed E-state index contributed by atoms with van der Waals surface area (Å²) < 4.78 is 9.11. The fraction of sp³-hybridized carbons (Fsp3) is 0.222. The standard InChI is InChI=1S/C9H9BrNO4P/c1-6(9(12)13)11-16(14)15-8-5-3-2-4-7(8)10/h2-6H,1H3,(H,12,13)/t6-/m0/s1. The largest absolute Gasteiger partial charge is 0.575 e. The van der Waals surface area contributed by atoms with E-state index in [9.17, 15) is 9.69 Å². The summed E-state index contributed by atoms with van der Waals surface area (Å²) in [7, 11) is -2.38. The van der Waals surface area contributed by atoms with Gasteiger partial charge in [0.1, 0.15) is 0 Å². The van der Waals surface area contributed by atoms with E-state index in [1.165, 1.54) is 6.92 Å². The average Bonchev–Trinajstić information content (AvgIpc) is 2.21. The van der Waals surface area contributed by atoms with Crippen molar-refractivity contribution in [3.8, 4) is 5.75 Å². The molecule has 0 saturated heterocycles. The molecule has 7 heteroatoms. The lowest BCUT2D eigenvalue weighted by atomic mass is 10.3. The van der Waals surface area contributed by atoms with Gasteiger partial charge in [-0.3, -0.25) is 4.52 Å². The molecule has 0 fully saturated rings. The molecule has 0 saturated carbocycles. The van der Waals surface area contributed by atoms with E-state index in [2.05, 4.69) is 20.7 Å². The SMILES string of the molecule is C[C@H](N=[P+]([O-])Oc1ccccc1Br)C(=O)O. The zero-order valence-electron chi connectivity index (χ0n) is 8.33. The summed E-state index contributed by atoms with van der Waals surface area (Å²) in [6.45, 7) is 1.33. The Morgan fingerprint density at radius 3 is 2.81 bits per heavy atom. The lowest BCUT2D eigenvalue weighted by Gasteiger charge is -2.01. The fourth-order valence-electron chi connectivity index (χ4n) is 0.817. The Hall–Kier alpha value is -0.970. The van der Waals surface area contributed by atoms with Gasteiger partial charge < -0.3 is 10.00 Å². The van der Waals surface area contributed by atoms with E-state index in [-0.39, 0.29) is 0 Å². The second-order valence-corrected chi connectivity index (χ2v) is 4.63. The first kappa shape index (κ1) is 13.1. The normalized spacial score (nSPS) is 13.3. The molecule has 16 heavy (non-hydrogen) atoms. The van der Waals surface area contributed by atoms with Gasteiger partial charge in [0.05, 0.1) is 4.47 Å². The monoisotopic (exact) mass is 305 g/mol. The molecule has 86 valence electrons. The first-order chi connectivity index (χ1) is 7.50. The number of nitrogens with zero attached hydrogens (tertiary/aromatic N) is 1. The highest BCUT2D eigenvalue weighted by Gasteiger charge is 2.15. The third-order valence-electron chi connectivity index (χ3n) is 1.64. The predicted molar refractivity (Wildman–Crippen MR) is 61.2 cm³/mol. The molecule has 0 aromatic heterocycles. The predicted octanol–water partition coefficient (Wildman–Crippen LogP) is 2.16. The highest BCUT2D eigenvalue weighted by Crippen LogP contribution is 2.30. The molecule has 0 aliphatic carbocycles. The van der Waals surface area contributed by atoms with Crippen LogP contribution in [0, 0.1) is 0 Å². The van der Waals surface area contributed by atoms with E-state index >= 15 is 0 Å². The van der Waals surface area contributed by atoms with Crippen molar-refractivity contribution in [3.05, 3.63) is 28.7 Å². The first-order valence-electron chi connectivity index (χ1n) is 4.34. The van der Waals surface area contributed by atoms with E-state index in [1.54, 1.807) is 24.3 Å². The number of carbonyl (C=O) groups is 1. The van der Waals surface area contributed by atoms with Crippen LogP contribution in [0.4, 0.5) is 0 Å². The molecule has 0 aliphatic rings. The van der Waals surface area contributed by atoms with Crippen molar-refractivity contribution < 1.29 is 19.3 Å². The van der Waals surface area contributed by atoms with E-state index in [0.29, 0.717) is 10.2 Å². The van der Waals surface area contributed by atoms with Crippen molar-refractivity contribution >= 4 is 30.1 Å². The second-order valence-electron chi connectivity index (χ2n) is 2.89. The number of carboxylic acids is 1. The van der Waals surface area contributed by atoms with Crippen LogP contribution in [0.5, 0.6) is 5.75 Å². The minimum atomic E-state index is -2.38. The highest BCUT2D eigenvalue weighted by atomic mass is 79.9. The second kappa shape index (κ2) is 5.94. The van der Waals surface area contributed by atoms with Gasteiger partial charge in [-0.25, -0.2) is 4.79 Å². The average molecular weight is 306 g/mol. The van der Waals surface area contributed by atoms with E-state index in [0.717, 1.165) is 0 Å².